The summed E-state index contributed by atoms with van der Waals surface area (Å²) < 4.78 is 5.15. The lowest BCUT2D eigenvalue weighted by molar-refractivity contribution is -0.136. The van der Waals surface area contributed by atoms with Crippen LogP contribution in [0.1, 0.15) is 27.3 Å². The summed E-state index contributed by atoms with van der Waals surface area (Å²) in [5.41, 5.74) is 2.43. The molecular weight excluding hydrogens is 504 g/mol. The molecule has 9 heteroatoms. The fourth-order valence-electron chi connectivity index (χ4n) is 4.00. The Morgan fingerprint density at radius 2 is 1.82 bits per heavy atom. The Morgan fingerprint density at radius 1 is 1.08 bits per heavy atom. The lowest BCUT2D eigenvalue weighted by Crippen LogP contribution is -2.25. The van der Waals surface area contributed by atoms with Gasteiger partial charge in [-0.1, -0.05) is 60.6 Å². The highest BCUT2D eigenvalue weighted by Gasteiger charge is 2.20. The van der Waals surface area contributed by atoms with Crippen molar-refractivity contribution in [3.63, 3.8) is 0 Å². The molecule has 1 heterocycles. The monoisotopic (exact) mass is 530 g/mol. The normalized spacial score (nSPS) is 10.8. The minimum Gasteiger partial charge on any atom is -0.481 e. The highest BCUT2D eigenvalue weighted by molar-refractivity contribution is 6.30. The van der Waals surface area contributed by atoms with Crippen LogP contribution in [0.25, 0.3) is 10.8 Å². The number of carbonyl (C=O) groups excluding carboxylic acids is 1. The van der Waals surface area contributed by atoms with Gasteiger partial charge in [-0.2, -0.15) is 0 Å². The zero-order chi connectivity index (χ0) is 27.1. The van der Waals surface area contributed by atoms with E-state index in [4.69, 9.17) is 16.3 Å². The molecule has 0 spiro atoms. The maximum Gasteiger partial charge on any atom is 0.308 e. The molecule has 0 aliphatic heterocycles. The molecule has 0 saturated carbocycles. The van der Waals surface area contributed by atoms with E-state index in [9.17, 15) is 14.7 Å². The first kappa shape index (κ1) is 26.8. The van der Waals surface area contributed by atoms with Gasteiger partial charge in [-0.05, 0) is 46.8 Å². The molecular formula is C29H27ClN4O4. The van der Waals surface area contributed by atoms with Gasteiger partial charge < -0.3 is 20.1 Å². The number of anilines is 2. The van der Waals surface area contributed by atoms with Gasteiger partial charge in [0.05, 0.1) is 13.0 Å². The minimum absolute atomic E-state index is 0.0796. The van der Waals surface area contributed by atoms with E-state index in [1.165, 1.54) is 0 Å². The average Bonchev–Trinajstić information content (AvgIpc) is 2.91. The van der Waals surface area contributed by atoms with E-state index >= 15 is 0 Å². The molecule has 0 saturated heterocycles. The van der Waals surface area contributed by atoms with E-state index in [1.807, 2.05) is 60.7 Å². The number of ether oxygens (including phenoxy) is 1. The van der Waals surface area contributed by atoms with Crippen LogP contribution in [0.2, 0.25) is 5.15 Å². The highest BCUT2D eigenvalue weighted by Crippen LogP contribution is 2.27. The van der Waals surface area contributed by atoms with Crippen molar-refractivity contribution in [3.8, 4) is 0 Å². The van der Waals surface area contributed by atoms with Gasteiger partial charge in [-0.15, -0.1) is 0 Å². The van der Waals surface area contributed by atoms with Crippen LogP contribution >= 0.6 is 11.6 Å². The Bertz CT molecular complexity index is 1470. The number of nitrogens with one attached hydrogen (secondary N) is 1. The molecule has 3 aromatic carbocycles. The predicted molar refractivity (Wildman–Crippen MR) is 149 cm³/mol. The summed E-state index contributed by atoms with van der Waals surface area (Å²) in [5, 5.41) is 14.4. The zero-order valence-corrected chi connectivity index (χ0v) is 21.6. The molecule has 0 bridgehead atoms. The SMILES string of the molecule is C=CN(CCOC)c1nc(Cc2ccc(NC(=O)c3ccc4ccccc4c3)cc2)nc(Cl)c1CC(=O)O. The minimum atomic E-state index is -1.04. The molecule has 4 rings (SSSR count). The quantitative estimate of drug-likeness (QED) is 0.252. The molecule has 8 nitrogen and oxygen atoms in total. The maximum absolute atomic E-state index is 12.8. The van der Waals surface area contributed by atoms with E-state index in [1.54, 1.807) is 24.3 Å². The number of aliphatic carboxylic acids is 1. The summed E-state index contributed by atoms with van der Waals surface area (Å²) in [7, 11) is 1.58. The summed E-state index contributed by atoms with van der Waals surface area (Å²) in [6.07, 6.45) is 1.59. The summed E-state index contributed by atoms with van der Waals surface area (Å²) in [6, 6.07) is 20.8. The highest BCUT2D eigenvalue weighted by atomic mass is 35.5. The van der Waals surface area contributed by atoms with Crippen molar-refractivity contribution in [1.29, 1.82) is 0 Å². The van der Waals surface area contributed by atoms with Crippen molar-refractivity contribution in [2.45, 2.75) is 12.8 Å². The number of amides is 1. The number of carboxylic acids is 1. The Balaban J connectivity index is 1.51. The Labute approximate surface area is 225 Å². The van der Waals surface area contributed by atoms with E-state index in [-0.39, 0.29) is 17.5 Å². The molecule has 0 unspecified atom stereocenters. The van der Waals surface area contributed by atoms with Crippen LogP contribution in [0, 0.1) is 0 Å². The van der Waals surface area contributed by atoms with Gasteiger partial charge >= 0.3 is 5.97 Å². The number of rotatable bonds is 11. The van der Waals surface area contributed by atoms with Gasteiger partial charge in [-0.3, -0.25) is 9.59 Å². The number of methoxy groups -OCH3 is 1. The van der Waals surface area contributed by atoms with Crippen LogP contribution in [-0.4, -0.2) is 47.2 Å². The summed E-state index contributed by atoms with van der Waals surface area (Å²) >= 11 is 6.40. The van der Waals surface area contributed by atoms with Gasteiger partial charge in [0, 0.05) is 36.9 Å². The van der Waals surface area contributed by atoms with Gasteiger partial charge in [0.1, 0.15) is 16.8 Å². The molecule has 0 radical (unpaired) electrons. The Kier molecular flexibility index (Phi) is 8.68. The molecule has 1 amide bonds. The number of carboxylic acid groups (broad SMARTS) is 1. The molecule has 0 aliphatic carbocycles. The third kappa shape index (κ3) is 6.53. The van der Waals surface area contributed by atoms with Crippen molar-refractivity contribution in [3.05, 3.63) is 107 Å². The molecule has 0 atom stereocenters. The number of aromatic nitrogens is 2. The third-order valence-corrected chi connectivity index (χ3v) is 6.24. The van der Waals surface area contributed by atoms with Crippen molar-refractivity contribution in [2.75, 3.05) is 30.5 Å². The second-order valence-electron chi connectivity index (χ2n) is 8.56. The van der Waals surface area contributed by atoms with Crippen LogP contribution in [0.4, 0.5) is 11.5 Å². The van der Waals surface area contributed by atoms with E-state index in [0.717, 1.165) is 16.3 Å². The van der Waals surface area contributed by atoms with Crippen LogP contribution in [0.15, 0.2) is 79.5 Å². The summed E-state index contributed by atoms with van der Waals surface area (Å²) in [6.45, 7) is 4.62. The second-order valence-corrected chi connectivity index (χ2v) is 8.92. The van der Waals surface area contributed by atoms with Crippen LogP contribution in [-0.2, 0) is 22.4 Å². The standard InChI is InChI=1S/C29H27ClN4O4/c1-3-34(14-15-38-2)28-24(18-26(35)36)27(30)32-25(33-28)16-19-8-12-23(13-9-19)31-29(37)22-11-10-20-6-4-5-7-21(20)17-22/h3-13,17H,1,14-16,18H2,2H3,(H,31,37)(H,35,36). The molecule has 2 N–H and O–H groups in total. The lowest BCUT2D eigenvalue weighted by atomic mass is 10.1. The molecule has 38 heavy (non-hydrogen) atoms. The van der Waals surface area contributed by atoms with E-state index in [2.05, 4.69) is 21.9 Å². The lowest BCUT2D eigenvalue weighted by Gasteiger charge is -2.22. The first-order valence-corrected chi connectivity index (χ1v) is 12.3. The molecule has 4 aromatic rings. The predicted octanol–water partition coefficient (Wildman–Crippen LogP) is 5.35. The number of nitrogens with zero attached hydrogens (tertiary/aromatic N) is 3. The van der Waals surface area contributed by atoms with Crippen LogP contribution in [0.5, 0.6) is 0 Å². The fraction of sp³-hybridized carbons (Fsp3) is 0.172. The number of halogens is 1. The van der Waals surface area contributed by atoms with Gasteiger partial charge in [0.2, 0.25) is 0 Å². The van der Waals surface area contributed by atoms with Crippen molar-refractivity contribution in [1.82, 2.24) is 9.97 Å². The Hall–Kier alpha value is -4.27. The Morgan fingerprint density at radius 3 is 2.50 bits per heavy atom. The first-order chi connectivity index (χ1) is 18.4. The molecule has 194 valence electrons. The van der Waals surface area contributed by atoms with Crippen molar-refractivity contribution >= 4 is 45.8 Å². The second kappa shape index (κ2) is 12.3. The summed E-state index contributed by atoms with van der Waals surface area (Å²) in [5.74, 6) is -0.426. The largest absolute Gasteiger partial charge is 0.481 e. The number of benzene rings is 3. The van der Waals surface area contributed by atoms with Crippen LogP contribution in [0.3, 0.4) is 0 Å². The topological polar surface area (TPSA) is 105 Å². The van der Waals surface area contributed by atoms with Crippen LogP contribution < -0.4 is 10.2 Å². The van der Waals surface area contributed by atoms with Gasteiger partial charge in [0.25, 0.3) is 5.91 Å². The number of hydrogen-bond donors (Lipinski definition) is 2. The smallest absolute Gasteiger partial charge is 0.308 e. The van der Waals surface area contributed by atoms with Crippen molar-refractivity contribution < 1.29 is 19.4 Å². The number of carbonyl (C=O) groups is 2. The van der Waals surface area contributed by atoms with Gasteiger partial charge in [-0.25, -0.2) is 9.97 Å². The van der Waals surface area contributed by atoms with E-state index < -0.39 is 5.97 Å². The average molecular weight is 531 g/mol. The molecule has 0 fully saturated rings. The molecule has 1 aromatic heterocycles. The maximum atomic E-state index is 12.8. The first-order valence-electron chi connectivity index (χ1n) is 11.9. The van der Waals surface area contributed by atoms with Crippen molar-refractivity contribution in [2.24, 2.45) is 0 Å². The fourth-order valence-corrected chi connectivity index (χ4v) is 4.25. The summed E-state index contributed by atoms with van der Waals surface area (Å²) in [4.78, 5) is 34.8. The zero-order valence-electron chi connectivity index (χ0n) is 20.9. The molecule has 0 aliphatic rings. The number of fused-ring (bicyclic) bond motifs is 1. The number of hydrogen-bond acceptors (Lipinski definition) is 6. The third-order valence-electron chi connectivity index (χ3n) is 5.92. The van der Waals surface area contributed by atoms with Gasteiger partial charge in [0.15, 0.2) is 0 Å². The van der Waals surface area contributed by atoms with E-state index in [0.29, 0.717) is 48.0 Å².